The van der Waals surface area contributed by atoms with Crippen molar-refractivity contribution in [3.63, 3.8) is 0 Å². The van der Waals surface area contributed by atoms with Crippen molar-refractivity contribution in [2.24, 2.45) is 10.9 Å². The van der Waals surface area contributed by atoms with Gasteiger partial charge in [0.1, 0.15) is 17.7 Å². The predicted molar refractivity (Wildman–Crippen MR) is 125 cm³/mol. The van der Waals surface area contributed by atoms with E-state index in [0.717, 1.165) is 5.75 Å². The molecule has 2 aromatic carbocycles. The Balaban J connectivity index is 1.49. The van der Waals surface area contributed by atoms with Crippen molar-refractivity contribution in [2.45, 2.75) is 13.1 Å². The predicted octanol–water partition coefficient (Wildman–Crippen LogP) is 2.22. The lowest BCUT2D eigenvalue weighted by molar-refractivity contribution is -0.121. The Hall–Kier alpha value is -3.08. The number of ether oxygens (including phenoxy) is 2. The number of amidine groups is 1. The number of rotatable bonds is 7. The van der Waals surface area contributed by atoms with Crippen LogP contribution in [0.2, 0.25) is 0 Å². The third-order valence-corrected chi connectivity index (χ3v) is 5.99. The molecule has 9 nitrogen and oxygen atoms in total. The van der Waals surface area contributed by atoms with E-state index in [2.05, 4.69) is 16.2 Å². The summed E-state index contributed by atoms with van der Waals surface area (Å²) in [4.78, 5) is 32.1. The molecule has 2 unspecified atom stereocenters. The number of hydrazine groups is 1. The van der Waals surface area contributed by atoms with E-state index in [1.54, 1.807) is 42.3 Å². The van der Waals surface area contributed by atoms with E-state index >= 15 is 0 Å². The monoisotopic (exact) mass is 455 g/mol. The van der Waals surface area contributed by atoms with Gasteiger partial charge in [-0.25, -0.2) is 10.4 Å². The van der Waals surface area contributed by atoms with Crippen molar-refractivity contribution in [2.75, 3.05) is 36.2 Å². The highest BCUT2D eigenvalue weighted by molar-refractivity contribution is 8.14. The van der Waals surface area contributed by atoms with Gasteiger partial charge in [-0.15, -0.1) is 0 Å². The molecule has 4 rings (SSSR count). The molecule has 0 saturated carbocycles. The molecule has 0 bridgehead atoms. The molecular formula is C22H25N5O4S. The second-order valence-corrected chi connectivity index (χ2v) is 8.07. The van der Waals surface area contributed by atoms with Gasteiger partial charge >= 0.3 is 0 Å². The van der Waals surface area contributed by atoms with Gasteiger partial charge in [0.15, 0.2) is 5.17 Å². The molecule has 2 amide bonds. The maximum absolute atomic E-state index is 13.3. The first kappa shape index (κ1) is 22.1. The third-order valence-electron chi connectivity index (χ3n) is 5.04. The molecule has 0 radical (unpaired) electrons. The Morgan fingerprint density at radius 2 is 2.03 bits per heavy atom. The lowest BCUT2D eigenvalue weighted by Crippen LogP contribution is -2.49. The fourth-order valence-corrected chi connectivity index (χ4v) is 4.37. The van der Waals surface area contributed by atoms with Crippen molar-refractivity contribution in [1.29, 1.82) is 0 Å². The Kier molecular flexibility index (Phi) is 6.93. The van der Waals surface area contributed by atoms with Crippen LogP contribution in [0.4, 0.5) is 11.4 Å². The zero-order chi connectivity index (χ0) is 22.5. The number of nitrogens with one attached hydrogen (secondary N) is 3. The molecule has 2 heterocycles. The number of carbonyl (C=O) groups is 2. The molecule has 32 heavy (non-hydrogen) atoms. The van der Waals surface area contributed by atoms with Crippen LogP contribution in [0.25, 0.3) is 0 Å². The minimum atomic E-state index is -0.370. The molecule has 0 aromatic heterocycles. The second kappa shape index (κ2) is 10.0. The summed E-state index contributed by atoms with van der Waals surface area (Å²) in [5.74, 6) is 0.771. The van der Waals surface area contributed by atoms with E-state index in [9.17, 15) is 9.59 Å². The van der Waals surface area contributed by atoms with Gasteiger partial charge < -0.3 is 14.8 Å². The fraction of sp³-hybridized carbons (Fsp3) is 0.318. The molecule has 2 atom stereocenters. The smallest absolute Gasteiger partial charge is 0.241 e. The van der Waals surface area contributed by atoms with Gasteiger partial charge in [0.05, 0.1) is 31.1 Å². The molecule has 3 N–H and O–H groups in total. The maximum Gasteiger partial charge on any atom is 0.241 e. The third kappa shape index (κ3) is 4.72. The Bertz CT molecular complexity index is 1010. The van der Waals surface area contributed by atoms with Crippen molar-refractivity contribution >= 4 is 40.1 Å². The van der Waals surface area contributed by atoms with Gasteiger partial charge in [-0.1, -0.05) is 23.9 Å². The number of benzene rings is 2. The van der Waals surface area contributed by atoms with Crippen LogP contribution in [0, 0.1) is 5.92 Å². The highest BCUT2D eigenvalue weighted by Crippen LogP contribution is 2.35. The minimum Gasteiger partial charge on any atom is -0.495 e. The number of para-hydroxylation sites is 2. The number of fused-ring (bicyclic) bond motifs is 1. The van der Waals surface area contributed by atoms with Gasteiger partial charge in [-0.3, -0.25) is 19.9 Å². The van der Waals surface area contributed by atoms with E-state index < -0.39 is 0 Å². The van der Waals surface area contributed by atoms with Crippen LogP contribution in [0.5, 0.6) is 11.5 Å². The highest BCUT2D eigenvalue weighted by Gasteiger charge is 2.43. The summed E-state index contributed by atoms with van der Waals surface area (Å²) in [5, 5.41) is 3.30. The van der Waals surface area contributed by atoms with E-state index in [-0.39, 0.29) is 29.7 Å². The summed E-state index contributed by atoms with van der Waals surface area (Å²) in [7, 11) is 1.56. The van der Waals surface area contributed by atoms with Crippen molar-refractivity contribution in [3.05, 3.63) is 48.5 Å². The van der Waals surface area contributed by atoms with Gasteiger partial charge in [0, 0.05) is 12.2 Å². The summed E-state index contributed by atoms with van der Waals surface area (Å²) >= 11 is 1.21. The lowest BCUT2D eigenvalue weighted by atomic mass is 10.0. The molecule has 0 spiro atoms. The van der Waals surface area contributed by atoms with Crippen LogP contribution in [-0.2, 0) is 9.59 Å². The topological polar surface area (TPSA) is 104 Å². The van der Waals surface area contributed by atoms with Crippen molar-refractivity contribution < 1.29 is 19.1 Å². The Labute approximate surface area is 190 Å². The normalized spacial score (nSPS) is 19.9. The zero-order valence-corrected chi connectivity index (χ0v) is 18.6. The van der Waals surface area contributed by atoms with E-state index in [4.69, 9.17) is 14.5 Å². The van der Waals surface area contributed by atoms with Crippen LogP contribution in [0.1, 0.15) is 6.92 Å². The molecule has 1 saturated heterocycles. The SMILES string of the molecule is CCOc1ccc(NC(=O)CSC2=NC3NNCC3C(=O)N2c2ccccc2OC)cc1. The molecule has 1 fully saturated rings. The number of hydrogen-bond acceptors (Lipinski definition) is 8. The van der Waals surface area contributed by atoms with E-state index in [0.29, 0.717) is 35.4 Å². The van der Waals surface area contributed by atoms with Crippen LogP contribution in [0.15, 0.2) is 53.5 Å². The quantitative estimate of drug-likeness (QED) is 0.588. The summed E-state index contributed by atoms with van der Waals surface area (Å²) in [6.45, 7) is 2.98. The number of methoxy groups -OCH3 is 1. The number of carbonyl (C=O) groups excluding carboxylic acids is 2. The molecule has 2 aromatic rings. The highest BCUT2D eigenvalue weighted by atomic mass is 32.2. The number of aliphatic imine (C=N–C) groups is 1. The fourth-order valence-electron chi connectivity index (χ4n) is 3.53. The maximum atomic E-state index is 13.3. The summed E-state index contributed by atoms with van der Waals surface area (Å²) in [5.41, 5.74) is 7.28. The molecule has 168 valence electrons. The summed E-state index contributed by atoms with van der Waals surface area (Å²) in [6, 6.07) is 14.5. The number of hydrogen-bond donors (Lipinski definition) is 3. The molecule has 0 aliphatic carbocycles. The second-order valence-electron chi connectivity index (χ2n) is 7.13. The van der Waals surface area contributed by atoms with Crippen molar-refractivity contribution in [1.82, 2.24) is 10.9 Å². The molecule has 2 aliphatic rings. The first-order chi connectivity index (χ1) is 15.6. The van der Waals surface area contributed by atoms with Crippen LogP contribution >= 0.6 is 11.8 Å². The lowest BCUT2D eigenvalue weighted by Gasteiger charge is -2.33. The minimum absolute atomic E-state index is 0.0930. The molecule has 10 heteroatoms. The Morgan fingerprint density at radius 3 is 2.78 bits per heavy atom. The Morgan fingerprint density at radius 1 is 1.25 bits per heavy atom. The first-order valence-corrected chi connectivity index (χ1v) is 11.3. The summed E-state index contributed by atoms with van der Waals surface area (Å²) < 4.78 is 10.9. The van der Waals surface area contributed by atoms with Gasteiger partial charge in [0.25, 0.3) is 0 Å². The van der Waals surface area contributed by atoms with Crippen LogP contribution < -0.4 is 30.5 Å². The van der Waals surface area contributed by atoms with Crippen LogP contribution in [-0.4, -0.2) is 49.2 Å². The zero-order valence-electron chi connectivity index (χ0n) is 17.8. The van der Waals surface area contributed by atoms with Gasteiger partial charge in [0.2, 0.25) is 11.8 Å². The van der Waals surface area contributed by atoms with E-state index in [1.165, 1.54) is 11.8 Å². The standard InChI is InChI=1S/C22H25N5O4S/c1-3-31-15-10-8-14(9-11-15)24-19(28)13-32-22-25-20-16(12-23-26-20)21(29)27(22)17-6-4-5-7-18(17)30-2/h4-11,16,20,23,26H,3,12-13H2,1-2H3,(H,24,28). The average Bonchev–Trinajstić information content (AvgIpc) is 3.28. The number of anilines is 2. The summed E-state index contributed by atoms with van der Waals surface area (Å²) in [6.07, 6.45) is -0.370. The largest absolute Gasteiger partial charge is 0.495 e. The van der Waals surface area contributed by atoms with Crippen molar-refractivity contribution in [3.8, 4) is 11.5 Å². The average molecular weight is 456 g/mol. The number of thioether (sulfide) groups is 1. The number of amides is 2. The van der Waals surface area contributed by atoms with E-state index in [1.807, 2.05) is 25.1 Å². The van der Waals surface area contributed by atoms with Gasteiger partial charge in [-0.05, 0) is 43.3 Å². The molecular weight excluding hydrogens is 430 g/mol. The molecule has 2 aliphatic heterocycles. The van der Waals surface area contributed by atoms with Gasteiger partial charge in [-0.2, -0.15) is 0 Å². The van der Waals surface area contributed by atoms with Crippen LogP contribution in [0.3, 0.4) is 0 Å². The number of nitrogens with zero attached hydrogens (tertiary/aromatic N) is 2. The first-order valence-electron chi connectivity index (χ1n) is 10.3.